The predicted molar refractivity (Wildman–Crippen MR) is 79.2 cm³/mol. The number of nitrogens with one attached hydrogen (secondary N) is 3. The molecular formula is C12H16ClN3O2S. The van der Waals surface area contributed by atoms with Crippen LogP contribution in [0.2, 0.25) is 5.02 Å². The Morgan fingerprint density at radius 2 is 2.16 bits per heavy atom. The van der Waals surface area contributed by atoms with Crippen LogP contribution in [0.5, 0.6) is 5.75 Å². The summed E-state index contributed by atoms with van der Waals surface area (Å²) in [6.07, 6.45) is 2.04. The van der Waals surface area contributed by atoms with Crippen LogP contribution in [0, 0.1) is 0 Å². The molecule has 0 heterocycles. The Labute approximate surface area is 122 Å². The molecule has 19 heavy (non-hydrogen) atoms. The van der Waals surface area contributed by atoms with Gasteiger partial charge >= 0.3 is 0 Å². The molecular weight excluding hydrogens is 286 g/mol. The number of phenolic OH excluding ortho intramolecular Hbond substituents is 1. The van der Waals surface area contributed by atoms with Gasteiger partial charge < -0.3 is 10.4 Å². The van der Waals surface area contributed by atoms with Gasteiger partial charge in [0.15, 0.2) is 5.11 Å². The molecule has 0 aliphatic heterocycles. The molecule has 0 unspecified atom stereocenters. The van der Waals surface area contributed by atoms with Crippen molar-refractivity contribution in [3.8, 4) is 5.75 Å². The summed E-state index contributed by atoms with van der Waals surface area (Å²) in [5.41, 5.74) is 5.02. The van der Waals surface area contributed by atoms with E-state index < -0.39 is 5.91 Å². The molecule has 0 saturated heterocycles. The average molecular weight is 302 g/mol. The van der Waals surface area contributed by atoms with Crippen molar-refractivity contribution in [2.75, 3.05) is 6.54 Å². The first-order valence-electron chi connectivity index (χ1n) is 5.87. The predicted octanol–water partition coefficient (Wildman–Crippen LogP) is 1.95. The molecule has 0 bridgehead atoms. The molecule has 5 nitrogen and oxygen atoms in total. The van der Waals surface area contributed by atoms with Gasteiger partial charge in [0.1, 0.15) is 5.75 Å². The van der Waals surface area contributed by atoms with Crippen LogP contribution in [-0.2, 0) is 0 Å². The van der Waals surface area contributed by atoms with Gasteiger partial charge in [-0.15, -0.1) is 0 Å². The normalized spacial score (nSPS) is 9.79. The van der Waals surface area contributed by atoms with E-state index in [2.05, 4.69) is 23.1 Å². The summed E-state index contributed by atoms with van der Waals surface area (Å²) < 4.78 is 0. The van der Waals surface area contributed by atoms with Gasteiger partial charge in [-0.3, -0.25) is 15.6 Å². The van der Waals surface area contributed by atoms with Gasteiger partial charge in [0.05, 0.1) is 5.56 Å². The maximum absolute atomic E-state index is 11.8. The van der Waals surface area contributed by atoms with Crippen LogP contribution in [0.4, 0.5) is 0 Å². The molecule has 1 aromatic rings. The van der Waals surface area contributed by atoms with E-state index in [1.54, 1.807) is 0 Å². The third kappa shape index (κ3) is 5.32. The number of hydrogen-bond donors (Lipinski definition) is 4. The molecule has 0 fully saturated rings. The molecule has 1 amide bonds. The number of carbonyl (C=O) groups is 1. The van der Waals surface area contributed by atoms with Crippen molar-refractivity contribution >= 4 is 34.8 Å². The minimum absolute atomic E-state index is 0.0800. The lowest BCUT2D eigenvalue weighted by Crippen LogP contribution is -2.46. The van der Waals surface area contributed by atoms with Crippen molar-refractivity contribution in [2.24, 2.45) is 0 Å². The first kappa shape index (κ1) is 15.5. The fourth-order valence-electron chi connectivity index (χ4n) is 1.29. The molecule has 0 atom stereocenters. The molecule has 0 radical (unpaired) electrons. The highest BCUT2D eigenvalue weighted by atomic mass is 35.5. The summed E-state index contributed by atoms with van der Waals surface area (Å²) in [7, 11) is 0. The molecule has 1 aromatic carbocycles. The number of hydrogen-bond acceptors (Lipinski definition) is 3. The van der Waals surface area contributed by atoms with Crippen molar-refractivity contribution in [1.29, 1.82) is 0 Å². The average Bonchev–Trinajstić information content (AvgIpc) is 2.39. The van der Waals surface area contributed by atoms with E-state index in [1.165, 1.54) is 18.2 Å². The van der Waals surface area contributed by atoms with Gasteiger partial charge in [0.25, 0.3) is 5.91 Å². The van der Waals surface area contributed by atoms with E-state index in [1.807, 2.05) is 0 Å². The lowest BCUT2D eigenvalue weighted by atomic mass is 10.2. The summed E-state index contributed by atoms with van der Waals surface area (Å²) in [6.45, 7) is 2.81. The number of halogens is 1. The van der Waals surface area contributed by atoms with Crippen LogP contribution < -0.4 is 16.2 Å². The number of aromatic hydroxyl groups is 1. The van der Waals surface area contributed by atoms with Gasteiger partial charge in [-0.05, 0) is 36.8 Å². The van der Waals surface area contributed by atoms with Crippen LogP contribution in [0.3, 0.4) is 0 Å². The highest BCUT2D eigenvalue weighted by Gasteiger charge is 2.11. The molecule has 0 aliphatic carbocycles. The maximum atomic E-state index is 11.8. The SMILES string of the molecule is CCCCNC(=S)NNC(=O)c1cc(Cl)ccc1O. The minimum atomic E-state index is -0.514. The summed E-state index contributed by atoms with van der Waals surface area (Å²) in [5, 5.41) is 13.2. The molecule has 1 rings (SSSR count). The van der Waals surface area contributed by atoms with Crippen LogP contribution in [0.25, 0.3) is 0 Å². The summed E-state index contributed by atoms with van der Waals surface area (Å²) in [4.78, 5) is 11.8. The smallest absolute Gasteiger partial charge is 0.273 e. The van der Waals surface area contributed by atoms with Crippen molar-refractivity contribution in [3.63, 3.8) is 0 Å². The molecule has 0 aliphatic rings. The number of amides is 1. The molecule has 0 aromatic heterocycles. The van der Waals surface area contributed by atoms with Gasteiger partial charge in [-0.1, -0.05) is 24.9 Å². The Kier molecular flexibility index (Phi) is 6.38. The molecule has 0 saturated carbocycles. The zero-order chi connectivity index (χ0) is 14.3. The Hall–Kier alpha value is -1.53. The molecule has 0 spiro atoms. The van der Waals surface area contributed by atoms with Gasteiger partial charge in [0.2, 0.25) is 0 Å². The first-order valence-corrected chi connectivity index (χ1v) is 6.66. The number of carbonyl (C=O) groups excluding carboxylic acids is 1. The van der Waals surface area contributed by atoms with E-state index in [0.717, 1.165) is 19.4 Å². The largest absolute Gasteiger partial charge is 0.507 e. The quantitative estimate of drug-likeness (QED) is 0.389. The first-order chi connectivity index (χ1) is 9.04. The number of thiocarbonyl (C=S) groups is 1. The topological polar surface area (TPSA) is 73.4 Å². The van der Waals surface area contributed by atoms with Crippen molar-refractivity contribution in [3.05, 3.63) is 28.8 Å². The molecule has 7 heteroatoms. The fraction of sp³-hybridized carbons (Fsp3) is 0.333. The highest BCUT2D eigenvalue weighted by molar-refractivity contribution is 7.80. The van der Waals surface area contributed by atoms with E-state index in [0.29, 0.717) is 10.1 Å². The second-order valence-corrected chi connectivity index (χ2v) is 4.69. The maximum Gasteiger partial charge on any atom is 0.273 e. The summed E-state index contributed by atoms with van der Waals surface area (Å²) in [6, 6.07) is 4.23. The Bertz CT molecular complexity index is 468. The van der Waals surface area contributed by atoms with Gasteiger partial charge in [-0.25, -0.2) is 0 Å². The van der Waals surface area contributed by atoms with E-state index in [-0.39, 0.29) is 11.3 Å². The number of benzene rings is 1. The van der Waals surface area contributed by atoms with E-state index >= 15 is 0 Å². The van der Waals surface area contributed by atoms with Gasteiger partial charge in [-0.2, -0.15) is 0 Å². The lowest BCUT2D eigenvalue weighted by molar-refractivity contribution is 0.0941. The summed E-state index contributed by atoms with van der Waals surface area (Å²) in [5.74, 6) is -0.659. The van der Waals surface area contributed by atoms with Crippen molar-refractivity contribution < 1.29 is 9.90 Å². The minimum Gasteiger partial charge on any atom is -0.507 e. The molecule has 4 N–H and O–H groups in total. The number of phenols is 1. The third-order valence-corrected chi connectivity index (χ3v) is 2.79. The van der Waals surface area contributed by atoms with Crippen LogP contribution in [0.1, 0.15) is 30.1 Å². The monoisotopic (exact) mass is 301 g/mol. The number of rotatable bonds is 4. The van der Waals surface area contributed by atoms with Crippen LogP contribution in [-0.4, -0.2) is 22.7 Å². The lowest BCUT2D eigenvalue weighted by Gasteiger charge is -2.11. The standard InChI is InChI=1S/C12H16ClN3O2S/c1-2-3-6-14-12(19)16-15-11(18)9-7-8(13)4-5-10(9)17/h4-5,7,17H,2-3,6H2,1H3,(H,15,18)(H2,14,16,19). The highest BCUT2D eigenvalue weighted by Crippen LogP contribution is 2.20. The van der Waals surface area contributed by atoms with E-state index in [4.69, 9.17) is 23.8 Å². The van der Waals surface area contributed by atoms with Gasteiger partial charge in [0, 0.05) is 11.6 Å². The van der Waals surface area contributed by atoms with Crippen LogP contribution >= 0.6 is 23.8 Å². The third-order valence-electron chi connectivity index (χ3n) is 2.31. The number of hydrazine groups is 1. The second-order valence-electron chi connectivity index (χ2n) is 3.85. The molecule has 104 valence electrons. The summed E-state index contributed by atoms with van der Waals surface area (Å²) >= 11 is 10.7. The second kappa shape index (κ2) is 7.81. The zero-order valence-corrected chi connectivity index (χ0v) is 12.1. The fourth-order valence-corrected chi connectivity index (χ4v) is 1.62. The van der Waals surface area contributed by atoms with Crippen molar-refractivity contribution in [2.45, 2.75) is 19.8 Å². The zero-order valence-electron chi connectivity index (χ0n) is 10.5. The Morgan fingerprint density at radius 1 is 1.42 bits per heavy atom. The Morgan fingerprint density at radius 3 is 2.84 bits per heavy atom. The van der Waals surface area contributed by atoms with Crippen molar-refractivity contribution in [1.82, 2.24) is 16.2 Å². The van der Waals surface area contributed by atoms with E-state index in [9.17, 15) is 9.90 Å². The number of unbranched alkanes of at least 4 members (excludes halogenated alkanes) is 1. The Balaban J connectivity index is 2.47. The van der Waals surface area contributed by atoms with Crippen LogP contribution in [0.15, 0.2) is 18.2 Å².